The summed E-state index contributed by atoms with van der Waals surface area (Å²) >= 11 is 0. The lowest BCUT2D eigenvalue weighted by Crippen LogP contribution is -2.22. The lowest BCUT2D eigenvalue weighted by atomic mass is 10.4. The van der Waals surface area contributed by atoms with Gasteiger partial charge in [0.2, 0.25) is 12.1 Å². The van der Waals surface area contributed by atoms with Crippen LogP contribution in [0.5, 0.6) is 0 Å². The lowest BCUT2D eigenvalue weighted by molar-refractivity contribution is -0.151. The molecule has 0 heterocycles. The van der Waals surface area contributed by atoms with Crippen molar-refractivity contribution < 1.29 is 19.0 Å². The van der Waals surface area contributed by atoms with E-state index in [0.717, 1.165) is 0 Å². The van der Waals surface area contributed by atoms with Crippen molar-refractivity contribution in [3.63, 3.8) is 0 Å². The summed E-state index contributed by atoms with van der Waals surface area (Å²) in [7, 11) is 4.25. The summed E-state index contributed by atoms with van der Waals surface area (Å²) in [5.41, 5.74) is 0. The van der Waals surface area contributed by atoms with Gasteiger partial charge in [-0.3, -0.25) is 4.79 Å². The molecule has 0 N–H and O–H groups in total. The normalized spacial score (nSPS) is 10.9. The van der Waals surface area contributed by atoms with Gasteiger partial charge in [0.05, 0.1) is 13.4 Å². The fourth-order valence-electron chi connectivity index (χ4n) is 0.542. The fraction of sp³-hybridized carbons (Fsp3) is 0.571. The average molecular weight is 160 g/mol. The van der Waals surface area contributed by atoms with Gasteiger partial charge in [-0.2, -0.15) is 0 Å². The molecule has 0 radical (unpaired) electrons. The maximum atomic E-state index is 10.9. The number of ketones is 1. The van der Waals surface area contributed by atoms with Gasteiger partial charge in [-0.1, -0.05) is 0 Å². The Labute approximate surface area is 65.7 Å². The van der Waals surface area contributed by atoms with Gasteiger partial charge in [-0.05, 0) is 0 Å². The molecule has 0 rings (SSSR count). The van der Waals surface area contributed by atoms with E-state index in [0.29, 0.717) is 0 Å². The van der Waals surface area contributed by atoms with E-state index >= 15 is 0 Å². The van der Waals surface area contributed by atoms with Crippen LogP contribution in [-0.4, -0.2) is 33.4 Å². The molecule has 0 aliphatic heterocycles. The van der Waals surface area contributed by atoms with Gasteiger partial charge in [0.15, 0.2) is 0 Å². The summed E-state index contributed by atoms with van der Waals surface area (Å²) in [6, 6.07) is 0. The second-order valence-electron chi connectivity index (χ2n) is 1.74. The zero-order chi connectivity index (χ0) is 8.69. The summed E-state index contributed by atoms with van der Waals surface area (Å²) < 4.78 is 13.9. The molecule has 0 spiro atoms. The molecule has 0 fully saturated rings. The smallest absolute Gasteiger partial charge is 0.221 e. The zero-order valence-corrected chi connectivity index (χ0v) is 6.87. The molecule has 0 bridgehead atoms. The number of ether oxygens (including phenoxy) is 3. The van der Waals surface area contributed by atoms with Crippen molar-refractivity contribution in [1.82, 2.24) is 0 Å². The highest BCUT2D eigenvalue weighted by atomic mass is 16.7. The Hall–Kier alpha value is -0.870. The Morgan fingerprint density at radius 2 is 1.82 bits per heavy atom. The van der Waals surface area contributed by atoms with Crippen LogP contribution in [-0.2, 0) is 19.0 Å². The van der Waals surface area contributed by atoms with Crippen LogP contribution < -0.4 is 0 Å². The van der Waals surface area contributed by atoms with E-state index in [1.165, 1.54) is 33.7 Å². The molecule has 4 heteroatoms. The van der Waals surface area contributed by atoms with E-state index in [1.807, 2.05) is 0 Å². The molecule has 0 atom stereocenters. The van der Waals surface area contributed by atoms with Crippen molar-refractivity contribution in [3.8, 4) is 0 Å². The molecule has 0 unspecified atom stereocenters. The summed E-state index contributed by atoms with van der Waals surface area (Å²) in [5.74, 6) is -0.281. The zero-order valence-electron chi connectivity index (χ0n) is 6.87. The van der Waals surface area contributed by atoms with E-state index < -0.39 is 6.29 Å². The van der Waals surface area contributed by atoms with Gasteiger partial charge in [0.25, 0.3) is 0 Å². The third-order valence-corrected chi connectivity index (χ3v) is 1.03. The molecule has 0 aromatic rings. The Bertz CT molecular complexity index is 137. The van der Waals surface area contributed by atoms with E-state index in [9.17, 15) is 4.79 Å². The van der Waals surface area contributed by atoms with E-state index in [-0.39, 0.29) is 5.78 Å². The third-order valence-electron chi connectivity index (χ3n) is 1.03. The quantitative estimate of drug-likeness (QED) is 0.330. The third kappa shape index (κ3) is 3.75. The summed E-state index contributed by atoms with van der Waals surface area (Å²) in [6.45, 7) is 0. The molecule has 0 aliphatic carbocycles. The van der Waals surface area contributed by atoms with Gasteiger partial charge >= 0.3 is 0 Å². The average Bonchev–Trinajstić information content (AvgIpc) is 2.03. The molecule has 0 saturated carbocycles. The molecular weight excluding hydrogens is 148 g/mol. The van der Waals surface area contributed by atoms with Gasteiger partial charge in [0.1, 0.15) is 0 Å². The molecule has 11 heavy (non-hydrogen) atoms. The van der Waals surface area contributed by atoms with Gasteiger partial charge < -0.3 is 14.2 Å². The van der Waals surface area contributed by atoms with Crippen LogP contribution >= 0.6 is 0 Å². The second-order valence-corrected chi connectivity index (χ2v) is 1.74. The minimum atomic E-state index is -0.832. The van der Waals surface area contributed by atoms with Crippen molar-refractivity contribution in [3.05, 3.63) is 12.3 Å². The largest absolute Gasteiger partial charge is 0.504 e. The summed E-state index contributed by atoms with van der Waals surface area (Å²) in [6.07, 6.45) is 1.69. The predicted molar refractivity (Wildman–Crippen MR) is 39.0 cm³/mol. The monoisotopic (exact) mass is 160 g/mol. The maximum absolute atomic E-state index is 10.9. The minimum absolute atomic E-state index is 0.281. The SMILES string of the molecule is CO/C=C/C(=O)C(OC)OC. The first-order chi connectivity index (χ1) is 5.26. The highest BCUT2D eigenvalue weighted by Gasteiger charge is 2.12. The van der Waals surface area contributed by atoms with Crippen LogP contribution in [0.15, 0.2) is 12.3 Å². The van der Waals surface area contributed by atoms with Crippen LogP contribution in [0.3, 0.4) is 0 Å². The Kier molecular flexibility index (Phi) is 5.42. The van der Waals surface area contributed by atoms with Crippen LogP contribution in [0, 0.1) is 0 Å². The van der Waals surface area contributed by atoms with E-state index in [2.05, 4.69) is 14.2 Å². The molecule has 0 aliphatic rings. The molecule has 0 amide bonds. The van der Waals surface area contributed by atoms with Crippen molar-refractivity contribution in [1.29, 1.82) is 0 Å². The highest BCUT2D eigenvalue weighted by Crippen LogP contribution is 1.93. The Morgan fingerprint density at radius 1 is 1.27 bits per heavy atom. The van der Waals surface area contributed by atoms with Gasteiger partial charge in [-0.25, -0.2) is 0 Å². The van der Waals surface area contributed by atoms with E-state index in [4.69, 9.17) is 0 Å². The maximum Gasteiger partial charge on any atom is 0.221 e. The van der Waals surface area contributed by atoms with E-state index in [1.54, 1.807) is 0 Å². The fourth-order valence-corrected chi connectivity index (χ4v) is 0.542. The lowest BCUT2D eigenvalue weighted by Gasteiger charge is -2.08. The molecule has 64 valence electrons. The van der Waals surface area contributed by atoms with Gasteiger partial charge in [-0.15, -0.1) is 0 Å². The number of carbonyl (C=O) groups is 1. The number of carbonyl (C=O) groups excluding carboxylic acids is 1. The second kappa shape index (κ2) is 5.88. The number of hydrogen-bond acceptors (Lipinski definition) is 4. The first kappa shape index (κ1) is 10.1. The van der Waals surface area contributed by atoms with Crippen molar-refractivity contribution >= 4 is 5.78 Å². The van der Waals surface area contributed by atoms with Crippen molar-refractivity contribution in [2.24, 2.45) is 0 Å². The molecule has 0 saturated heterocycles. The first-order valence-corrected chi connectivity index (χ1v) is 3.05. The standard InChI is InChI=1S/C7H12O4/c1-9-5-4-6(8)7(10-2)11-3/h4-5,7H,1-3H3/b5-4+. The van der Waals surface area contributed by atoms with Crippen molar-refractivity contribution in [2.45, 2.75) is 6.29 Å². The van der Waals surface area contributed by atoms with Gasteiger partial charge in [0, 0.05) is 20.3 Å². The van der Waals surface area contributed by atoms with Crippen LogP contribution in [0.4, 0.5) is 0 Å². The number of hydrogen-bond donors (Lipinski definition) is 0. The predicted octanol–water partition coefficient (Wildman–Crippen LogP) is 0.335. The van der Waals surface area contributed by atoms with Crippen molar-refractivity contribution in [2.75, 3.05) is 21.3 Å². The summed E-state index contributed by atoms with van der Waals surface area (Å²) in [4.78, 5) is 10.9. The first-order valence-electron chi connectivity index (χ1n) is 3.05. The Morgan fingerprint density at radius 3 is 2.18 bits per heavy atom. The minimum Gasteiger partial charge on any atom is -0.504 e. The Balaban J connectivity index is 3.88. The topological polar surface area (TPSA) is 44.8 Å². The molecule has 0 aromatic heterocycles. The molecule has 4 nitrogen and oxygen atoms in total. The highest BCUT2D eigenvalue weighted by molar-refractivity contribution is 5.92. The van der Waals surface area contributed by atoms with Crippen LogP contribution in [0.1, 0.15) is 0 Å². The van der Waals surface area contributed by atoms with Crippen LogP contribution in [0.25, 0.3) is 0 Å². The number of methoxy groups -OCH3 is 3. The molecular formula is C7H12O4. The summed E-state index contributed by atoms with van der Waals surface area (Å²) in [5, 5.41) is 0. The molecule has 0 aromatic carbocycles. The van der Waals surface area contributed by atoms with Crippen LogP contribution in [0.2, 0.25) is 0 Å². The number of rotatable bonds is 5.